The van der Waals surface area contributed by atoms with Crippen molar-refractivity contribution in [3.63, 3.8) is 0 Å². The standard InChI is InChI=1S/C12H15IN4O/c1-3-5-8-10(13)12(18)16-11(15-8)9-6-7-14-17(9)4-2/h6-7H,3-5H2,1-2H3,(H,15,16,18). The normalized spacial score (nSPS) is 10.8. The maximum absolute atomic E-state index is 11.9. The van der Waals surface area contributed by atoms with Crippen molar-refractivity contribution < 1.29 is 0 Å². The first-order valence-corrected chi connectivity index (χ1v) is 7.06. The molecule has 0 saturated heterocycles. The first-order chi connectivity index (χ1) is 8.67. The number of rotatable bonds is 4. The second-order valence-electron chi connectivity index (χ2n) is 3.96. The second kappa shape index (κ2) is 5.64. The van der Waals surface area contributed by atoms with Crippen LogP contribution in [0.5, 0.6) is 0 Å². The van der Waals surface area contributed by atoms with Gasteiger partial charge in [-0.05, 0) is 42.0 Å². The zero-order chi connectivity index (χ0) is 13.1. The van der Waals surface area contributed by atoms with Crippen LogP contribution in [0.3, 0.4) is 0 Å². The van der Waals surface area contributed by atoms with Crippen LogP contribution in [0.2, 0.25) is 0 Å². The lowest BCUT2D eigenvalue weighted by Gasteiger charge is -2.07. The highest BCUT2D eigenvalue weighted by Crippen LogP contribution is 2.15. The first kappa shape index (κ1) is 13.3. The number of nitrogens with one attached hydrogen (secondary N) is 1. The highest BCUT2D eigenvalue weighted by atomic mass is 127. The third-order valence-electron chi connectivity index (χ3n) is 2.68. The fourth-order valence-corrected chi connectivity index (χ4v) is 2.34. The molecule has 0 fully saturated rings. The Balaban J connectivity index is 2.55. The van der Waals surface area contributed by atoms with Crippen LogP contribution in [0.4, 0.5) is 0 Å². The van der Waals surface area contributed by atoms with E-state index in [-0.39, 0.29) is 5.56 Å². The van der Waals surface area contributed by atoms with Gasteiger partial charge in [0.15, 0.2) is 5.82 Å². The molecule has 18 heavy (non-hydrogen) atoms. The van der Waals surface area contributed by atoms with E-state index >= 15 is 0 Å². The van der Waals surface area contributed by atoms with Crippen LogP contribution in [0.15, 0.2) is 17.1 Å². The third-order valence-corrected chi connectivity index (χ3v) is 3.79. The van der Waals surface area contributed by atoms with E-state index in [1.807, 2.05) is 17.7 Å². The van der Waals surface area contributed by atoms with Crippen LogP contribution in [-0.4, -0.2) is 19.7 Å². The van der Waals surface area contributed by atoms with Crippen molar-refractivity contribution in [2.75, 3.05) is 0 Å². The molecule has 2 rings (SSSR count). The number of H-pyrrole nitrogens is 1. The lowest BCUT2D eigenvalue weighted by Crippen LogP contribution is -2.17. The summed E-state index contributed by atoms with van der Waals surface area (Å²) in [5.74, 6) is 0.600. The Bertz CT molecular complexity index is 602. The van der Waals surface area contributed by atoms with Crippen molar-refractivity contribution in [2.24, 2.45) is 0 Å². The third kappa shape index (κ3) is 2.47. The van der Waals surface area contributed by atoms with E-state index < -0.39 is 0 Å². The summed E-state index contributed by atoms with van der Waals surface area (Å²) < 4.78 is 2.50. The monoisotopic (exact) mass is 358 g/mol. The number of aromatic amines is 1. The second-order valence-corrected chi connectivity index (χ2v) is 5.04. The van der Waals surface area contributed by atoms with E-state index in [0.717, 1.165) is 30.8 Å². The molecule has 0 unspecified atom stereocenters. The van der Waals surface area contributed by atoms with Crippen LogP contribution in [-0.2, 0) is 13.0 Å². The van der Waals surface area contributed by atoms with Gasteiger partial charge in [0.2, 0.25) is 0 Å². The van der Waals surface area contributed by atoms with Crippen LogP contribution >= 0.6 is 22.6 Å². The smallest absolute Gasteiger partial charge is 0.264 e. The zero-order valence-electron chi connectivity index (χ0n) is 10.4. The molecule has 0 saturated carbocycles. The molecule has 0 aliphatic heterocycles. The van der Waals surface area contributed by atoms with Crippen LogP contribution in [0.25, 0.3) is 11.5 Å². The summed E-state index contributed by atoms with van der Waals surface area (Å²) in [6.07, 6.45) is 3.50. The average molecular weight is 358 g/mol. The summed E-state index contributed by atoms with van der Waals surface area (Å²) in [5.41, 5.74) is 1.64. The van der Waals surface area contributed by atoms with E-state index in [0.29, 0.717) is 9.39 Å². The van der Waals surface area contributed by atoms with E-state index in [9.17, 15) is 4.79 Å². The predicted molar refractivity (Wildman–Crippen MR) is 78.5 cm³/mol. The van der Waals surface area contributed by atoms with Crippen LogP contribution in [0.1, 0.15) is 26.0 Å². The molecule has 0 aliphatic rings. The summed E-state index contributed by atoms with van der Waals surface area (Å²) in [6, 6.07) is 1.87. The minimum atomic E-state index is -0.0760. The van der Waals surface area contributed by atoms with E-state index in [4.69, 9.17) is 0 Å². The van der Waals surface area contributed by atoms with Gasteiger partial charge in [-0.25, -0.2) is 4.98 Å². The molecule has 0 amide bonds. The molecule has 2 aromatic heterocycles. The van der Waals surface area contributed by atoms with Gasteiger partial charge in [0, 0.05) is 12.7 Å². The number of aryl methyl sites for hydroxylation is 2. The number of nitrogens with zero attached hydrogens (tertiary/aromatic N) is 3. The van der Waals surface area contributed by atoms with Crippen molar-refractivity contribution in [2.45, 2.75) is 33.2 Å². The fourth-order valence-electron chi connectivity index (χ4n) is 1.82. The summed E-state index contributed by atoms with van der Waals surface area (Å²) in [6.45, 7) is 4.84. The van der Waals surface area contributed by atoms with Crippen molar-refractivity contribution >= 4 is 22.6 Å². The Morgan fingerprint density at radius 1 is 1.44 bits per heavy atom. The molecular weight excluding hydrogens is 343 g/mol. The molecule has 2 heterocycles. The van der Waals surface area contributed by atoms with Gasteiger partial charge in [-0.15, -0.1) is 0 Å². The first-order valence-electron chi connectivity index (χ1n) is 5.98. The number of aromatic nitrogens is 4. The molecule has 0 bridgehead atoms. The predicted octanol–water partition coefficient (Wildman–Crippen LogP) is 2.21. The SMILES string of the molecule is CCCc1nc(-c2ccnn2CC)[nH]c(=O)c1I. The summed E-state index contributed by atoms with van der Waals surface area (Å²) in [5, 5.41) is 4.19. The largest absolute Gasteiger partial charge is 0.304 e. The number of halogens is 1. The molecule has 96 valence electrons. The minimum absolute atomic E-state index is 0.0760. The maximum Gasteiger partial charge on any atom is 0.264 e. The van der Waals surface area contributed by atoms with Crippen LogP contribution < -0.4 is 5.56 Å². The van der Waals surface area contributed by atoms with Gasteiger partial charge in [0.25, 0.3) is 5.56 Å². The molecule has 1 N–H and O–H groups in total. The quantitative estimate of drug-likeness (QED) is 0.853. The number of hydrogen-bond acceptors (Lipinski definition) is 3. The Hall–Kier alpha value is -1.18. The van der Waals surface area contributed by atoms with E-state index in [2.05, 4.69) is 44.6 Å². The van der Waals surface area contributed by atoms with Gasteiger partial charge in [-0.1, -0.05) is 13.3 Å². The van der Waals surface area contributed by atoms with Crippen molar-refractivity contribution in [3.05, 3.63) is 31.9 Å². The van der Waals surface area contributed by atoms with Gasteiger partial charge in [0.05, 0.1) is 9.26 Å². The Kier molecular flexibility index (Phi) is 4.15. The van der Waals surface area contributed by atoms with Gasteiger partial charge in [0.1, 0.15) is 5.69 Å². The van der Waals surface area contributed by atoms with E-state index in [1.54, 1.807) is 6.20 Å². The van der Waals surface area contributed by atoms with Crippen LogP contribution in [0, 0.1) is 3.57 Å². The molecule has 0 aromatic carbocycles. The molecule has 0 atom stereocenters. The van der Waals surface area contributed by atoms with Gasteiger partial charge in [-0.3, -0.25) is 9.48 Å². The molecular formula is C12H15IN4O. The minimum Gasteiger partial charge on any atom is -0.304 e. The highest BCUT2D eigenvalue weighted by molar-refractivity contribution is 14.1. The lowest BCUT2D eigenvalue weighted by molar-refractivity contribution is 0.662. The Morgan fingerprint density at radius 2 is 2.22 bits per heavy atom. The van der Waals surface area contributed by atoms with E-state index in [1.165, 1.54) is 0 Å². The zero-order valence-corrected chi connectivity index (χ0v) is 12.6. The van der Waals surface area contributed by atoms with Crippen molar-refractivity contribution in [3.8, 4) is 11.5 Å². The summed E-state index contributed by atoms with van der Waals surface area (Å²) in [4.78, 5) is 19.3. The summed E-state index contributed by atoms with van der Waals surface area (Å²) in [7, 11) is 0. The van der Waals surface area contributed by atoms with Gasteiger partial charge < -0.3 is 4.98 Å². The lowest BCUT2D eigenvalue weighted by atomic mass is 10.2. The van der Waals surface area contributed by atoms with Gasteiger partial charge in [-0.2, -0.15) is 5.10 Å². The molecule has 5 nitrogen and oxygen atoms in total. The topological polar surface area (TPSA) is 63.6 Å². The Morgan fingerprint density at radius 3 is 2.89 bits per heavy atom. The van der Waals surface area contributed by atoms with Gasteiger partial charge >= 0.3 is 0 Å². The Labute approximate surface area is 119 Å². The molecule has 0 aliphatic carbocycles. The summed E-state index contributed by atoms with van der Waals surface area (Å²) >= 11 is 2.05. The van der Waals surface area contributed by atoms with Crippen molar-refractivity contribution in [1.29, 1.82) is 0 Å². The molecule has 0 spiro atoms. The molecule has 0 radical (unpaired) electrons. The highest BCUT2D eigenvalue weighted by Gasteiger charge is 2.12. The molecule has 6 heteroatoms. The van der Waals surface area contributed by atoms with Crippen molar-refractivity contribution in [1.82, 2.24) is 19.7 Å². The number of hydrogen-bond donors (Lipinski definition) is 1. The fraction of sp³-hybridized carbons (Fsp3) is 0.417. The maximum atomic E-state index is 11.9. The average Bonchev–Trinajstić information content (AvgIpc) is 2.83. The molecule has 2 aromatic rings.